The standard InChI is InChI=1S/C20H21NO/c1-3-21(4-2)18-11-9-15(10-12-18)13-17-14-16-7-5-6-8-19(16)20(17)22/h5-13H,3-4,14H2,1-2H3. The van der Waals surface area contributed by atoms with Crippen LogP contribution in [-0.2, 0) is 6.42 Å². The Bertz CT molecular complexity index is 709. The predicted octanol–water partition coefficient (Wildman–Crippen LogP) is 4.36. The summed E-state index contributed by atoms with van der Waals surface area (Å²) in [5.41, 5.74) is 5.20. The molecule has 0 amide bonds. The van der Waals surface area contributed by atoms with E-state index in [0.717, 1.165) is 41.8 Å². The molecule has 0 N–H and O–H groups in total. The molecule has 0 unspecified atom stereocenters. The van der Waals surface area contributed by atoms with E-state index < -0.39 is 0 Å². The minimum absolute atomic E-state index is 0.170. The Morgan fingerprint density at radius 3 is 2.32 bits per heavy atom. The van der Waals surface area contributed by atoms with E-state index in [2.05, 4.69) is 43.0 Å². The summed E-state index contributed by atoms with van der Waals surface area (Å²) in [6.07, 6.45) is 2.77. The lowest BCUT2D eigenvalue weighted by Gasteiger charge is -2.20. The van der Waals surface area contributed by atoms with Crippen LogP contribution in [0.2, 0.25) is 0 Å². The molecule has 0 heterocycles. The molecular formula is C20H21NO. The fraction of sp³-hybridized carbons (Fsp3) is 0.250. The van der Waals surface area contributed by atoms with Crippen molar-refractivity contribution < 1.29 is 4.79 Å². The Balaban J connectivity index is 1.84. The highest BCUT2D eigenvalue weighted by molar-refractivity contribution is 6.15. The summed E-state index contributed by atoms with van der Waals surface area (Å²) >= 11 is 0. The van der Waals surface area contributed by atoms with Crippen LogP contribution in [0.3, 0.4) is 0 Å². The quantitative estimate of drug-likeness (QED) is 0.780. The van der Waals surface area contributed by atoms with Crippen LogP contribution in [-0.4, -0.2) is 18.9 Å². The van der Waals surface area contributed by atoms with Crippen LogP contribution in [0.25, 0.3) is 6.08 Å². The van der Waals surface area contributed by atoms with Gasteiger partial charge >= 0.3 is 0 Å². The Morgan fingerprint density at radius 1 is 1.00 bits per heavy atom. The van der Waals surface area contributed by atoms with Crippen molar-refractivity contribution in [1.82, 2.24) is 0 Å². The first-order chi connectivity index (χ1) is 10.7. The van der Waals surface area contributed by atoms with Gasteiger partial charge in [-0.1, -0.05) is 36.4 Å². The SMILES string of the molecule is CCN(CC)c1ccc(C=C2Cc3ccccc3C2=O)cc1. The smallest absolute Gasteiger partial charge is 0.189 e. The van der Waals surface area contributed by atoms with E-state index in [1.54, 1.807) is 0 Å². The zero-order valence-electron chi connectivity index (χ0n) is 13.2. The second-order valence-corrected chi connectivity index (χ2v) is 5.60. The summed E-state index contributed by atoms with van der Waals surface area (Å²) in [6, 6.07) is 16.3. The molecule has 2 heteroatoms. The van der Waals surface area contributed by atoms with E-state index in [-0.39, 0.29) is 5.78 Å². The van der Waals surface area contributed by atoms with Crippen molar-refractivity contribution in [2.45, 2.75) is 20.3 Å². The molecule has 0 atom stereocenters. The molecule has 0 spiro atoms. The van der Waals surface area contributed by atoms with Gasteiger partial charge in [-0.3, -0.25) is 4.79 Å². The molecule has 2 aromatic carbocycles. The Labute approximate surface area is 132 Å². The Morgan fingerprint density at radius 2 is 1.68 bits per heavy atom. The molecule has 2 aromatic rings. The summed E-state index contributed by atoms with van der Waals surface area (Å²) < 4.78 is 0. The molecule has 0 fully saturated rings. The number of nitrogens with zero attached hydrogens (tertiary/aromatic N) is 1. The predicted molar refractivity (Wildman–Crippen MR) is 92.5 cm³/mol. The van der Waals surface area contributed by atoms with Gasteiger partial charge in [0.25, 0.3) is 0 Å². The van der Waals surface area contributed by atoms with Crippen molar-refractivity contribution >= 4 is 17.5 Å². The second-order valence-electron chi connectivity index (χ2n) is 5.60. The topological polar surface area (TPSA) is 20.3 Å². The van der Waals surface area contributed by atoms with Gasteiger partial charge in [-0.05, 0) is 43.2 Å². The molecule has 1 aliphatic rings. The van der Waals surface area contributed by atoms with Crippen LogP contribution in [0.5, 0.6) is 0 Å². The Hall–Kier alpha value is -2.35. The van der Waals surface area contributed by atoms with Gasteiger partial charge in [0.1, 0.15) is 0 Å². The first-order valence-electron chi connectivity index (χ1n) is 7.91. The molecule has 3 rings (SSSR count). The van der Waals surface area contributed by atoms with E-state index in [0.29, 0.717) is 0 Å². The zero-order valence-corrected chi connectivity index (χ0v) is 13.2. The largest absolute Gasteiger partial charge is 0.372 e. The average Bonchev–Trinajstić information content (AvgIpc) is 2.87. The monoisotopic (exact) mass is 291 g/mol. The van der Waals surface area contributed by atoms with Crippen molar-refractivity contribution in [2.75, 3.05) is 18.0 Å². The van der Waals surface area contributed by atoms with Crippen LogP contribution >= 0.6 is 0 Å². The molecule has 0 saturated carbocycles. The summed E-state index contributed by atoms with van der Waals surface area (Å²) in [5.74, 6) is 0.170. The maximum Gasteiger partial charge on any atom is 0.189 e. The molecule has 2 nitrogen and oxygen atoms in total. The highest BCUT2D eigenvalue weighted by atomic mass is 16.1. The third-order valence-electron chi connectivity index (χ3n) is 4.30. The van der Waals surface area contributed by atoms with Gasteiger partial charge in [-0.15, -0.1) is 0 Å². The van der Waals surface area contributed by atoms with Crippen LogP contribution in [0.1, 0.15) is 35.3 Å². The highest BCUT2D eigenvalue weighted by Crippen LogP contribution is 2.27. The number of ketones is 1. The number of rotatable bonds is 4. The minimum Gasteiger partial charge on any atom is -0.372 e. The van der Waals surface area contributed by atoms with Crippen LogP contribution in [0, 0.1) is 0 Å². The maximum atomic E-state index is 12.4. The van der Waals surface area contributed by atoms with E-state index in [4.69, 9.17) is 0 Å². The highest BCUT2D eigenvalue weighted by Gasteiger charge is 2.23. The number of anilines is 1. The Kier molecular flexibility index (Phi) is 4.10. The summed E-state index contributed by atoms with van der Waals surface area (Å²) in [7, 11) is 0. The fourth-order valence-electron chi connectivity index (χ4n) is 3.04. The van der Waals surface area contributed by atoms with Crippen molar-refractivity contribution in [1.29, 1.82) is 0 Å². The summed E-state index contributed by atoms with van der Waals surface area (Å²) in [4.78, 5) is 14.7. The zero-order chi connectivity index (χ0) is 15.5. The molecule has 0 bridgehead atoms. The normalized spacial score (nSPS) is 15.2. The number of hydrogen-bond donors (Lipinski definition) is 0. The summed E-state index contributed by atoms with van der Waals surface area (Å²) in [6.45, 7) is 6.33. The molecule has 0 saturated heterocycles. The fourth-order valence-corrected chi connectivity index (χ4v) is 3.04. The first-order valence-corrected chi connectivity index (χ1v) is 7.91. The molecule has 22 heavy (non-hydrogen) atoms. The second kappa shape index (κ2) is 6.18. The molecule has 0 aromatic heterocycles. The molecule has 112 valence electrons. The average molecular weight is 291 g/mol. The molecule has 0 radical (unpaired) electrons. The van der Waals surface area contributed by atoms with E-state index in [9.17, 15) is 4.79 Å². The number of hydrogen-bond acceptors (Lipinski definition) is 2. The van der Waals surface area contributed by atoms with E-state index in [1.165, 1.54) is 5.69 Å². The van der Waals surface area contributed by atoms with Crippen molar-refractivity contribution in [3.63, 3.8) is 0 Å². The summed E-state index contributed by atoms with van der Waals surface area (Å²) in [5, 5.41) is 0. The minimum atomic E-state index is 0.170. The number of allylic oxidation sites excluding steroid dienone is 1. The lowest BCUT2D eigenvalue weighted by atomic mass is 10.1. The van der Waals surface area contributed by atoms with Gasteiger partial charge in [0.2, 0.25) is 0 Å². The number of carbonyl (C=O) groups is 1. The third-order valence-corrected chi connectivity index (χ3v) is 4.30. The van der Waals surface area contributed by atoms with Crippen molar-refractivity contribution in [2.24, 2.45) is 0 Å². The molecular weight excluding hydrogens is 270 g/mol. The lowest BCUT2D eigenvalue weighted by Crippen LogP contribution is -2.21. The van der Waals surface area contributed by atoms with E-state index >= 15 is 0 Å². The maximum absolute atomic E-state index is 12.4. The first kappa shape index (κ1) is 14.6. The van der Waals surface area contributed by atoms with Gasteiger partial charge in [0.05, 0.1) is 0 Å². The van der Waals surface area contributed by atoms with Crippen LogP contribution < -0.4 is 4.90 Å². The van der Waals surface area contributed by atoms with Gasteiger partial charge in [0.15, 0.2) is 5.78 Å². The van der Waals surface area contributed by atoms with Gasteiger partial charge in [-0.25, -0.2) is 0 Å². The van der Waals surface area contributed by atoms with Crippen molar-refractivity contribution in [3.8, 4) is 0 Å². The lowest BCUT2D eigenvalue weighted by molar-refractivity contribution is 0.104. The van der Waals surface area contributed by atoms with Crippen LogP contribution in [0.15, 0.2) is 54.1 Å². The van der Waals surface area contributed by atoms with Gasteiger partial charge in [0, 0.05) is 36.3 Å². The van der Waals surface area contributed by atoms with E-state index in [1.807, 2.05) is 30.3 Å². The third kappa shape index (κ3) is 2.69. The van der Waals surface area contributed by atoms with Crippen LogP contribution in [0.4, 0.5) is 5.69 Å². The van der Waals surface area contributed by atoms with Gasteiger partial charge < -0.3 is 4.90 Å². The van der Waals surface area contributed by atoms with Gasteiger partial charge in [-0.2, -0.15) is 0 Å². The van der Waals surface area contributed by atoms with Crippen molar-refractivity contribution in [3.05, 3.63) is 70.8 Å². The number of carbonyl (C=O) groups excluding carboxylic acids is 1. The molecule has 1 aliphatic carbocycles. The number of benzene rings is 2. The molecule has 0 aliphatic heterocycles. The number of Topliss-reactive ketones (excluding diaryl/α,β-unsaturated/α-hetero) is 1. The number of fused-ring (bicyclic) bond motifs is 1.